The van der Waals surface area contributed by atoms with Crippen molar-refractivity contribution in [1.29, 1.82) is 0 Å². The number of ether oxygens (including phenoxy) is 1. The lowest BCUT2D eigenvalue weighted by Crippen LogP contribution is -2.23. The summed E-state index contributed by atoms with van der Waals surface area (Å²) in [5.41, 5.74) is 6.71. The van der Waals surface area contributed by atoms with E-state index in [2.05, 4.69) is 5.10 Å². The minimum absolute atomic E-state index is 0.228. The molecule has 5 nitrogen and oxygen atoms in total. The maximum absolute atomic E-state index is 13.2. The molecule has 6 heteroatoms. The van der Waals surface area contributed by atoms with Gasteiger partial charge in [-0.05, 0) is 43.1 Å². The molecule has 0 amide bonds. The Morgan fingerprint density at radius 2 is 2.19 bits per heavy atom. The first kappa shape index (κ1) is 15.2. The van der Waals surface area contributed by atoms with Crippen LogP contribution in [0.4, 0.5) is 4.39 Å². The van der Waals surface area contributed by atoms with Gasteiger partial charge in [0.1, 0.15) is 11.6 Å². The van der Waals surface area contributed by atoms with E-state index in [1.54, 1.807) is 6.07 Å². The van der Waals surface area contributed by atoms with E-state index >= 15 is 0 Å². The molecule has 0 saturated heterocycles. The third kappa shape index (κ3) is 4.13. The molecular weight excluding hydrogens is 273 g/mol. The molecule has 0 unspecified atom stereocenters. The highest BCUT2D eigenvalue weighted by Gasteiger charge is 2.05. The number of nitrogens with zero attached hydrogens (tertiary/aromatic N) is 2. The summed E-state index contributed by atoms with van der Waals surface area (Å²) < 4.78 is 19.9. The maximum Gasteiger partial charge on any atom is 0.270 e. The molecule has 0 spiro atoms. The average molecular weight is 291 g/mol. The molecule has 21 heavy (non-hydrogen) atoms. The van der Waals surface area contributed by atoms with Gasteiger partial charge in [-0.25, -0.2) is 9.07 Å². The summed E-state index contributed by atoms with van der Waals surface area (Å²) in [6.07, 6.45) is 2.19. The molecule has 1 heterocycles. The zero-order chi connectivity index (χ0) is 15.2. The predicted molar refractivity (Wildman–Crippen MR) is 77.9 cm³/mol. The minimum Gasteiger partial charge on any atom is -0.492 e. The van der Waals surface area contributed by atoms with E-state index in [4.69, 9.17) is 10.5 Å². The van der Waals surface area contributed by atoms with Crippen LogP contribution in [0.3, 0.4) is 0 Å². The smallest absolute Gasteiger partial charge is 0.270 e. The van der Waals surface area contributed by atoms with Gasteiger partial charge in [-0.15, -0.1) is 0 Å². The Morgan fingerprint density at radius 3 is 2.90 bits per heavy atom. The molecule has 2 rings (SSSR count). The van der Waals surface area contributed by atoms with Gasteiger partial charge in [-0.3, -0.25) is 4.79 Å². The Bertz CT molecular complexity index is 670. The Kier molecular flexibility index (Phi) is 5.05. The number of aromatic nitrogens is 2. The lowest BCUT2D eigenvalue weighted by Gasteiger charge is -2.09. The molecule has 0 bridgehead atoms. The summed E-state index contributed by atoms with van der Waals surface area (Å²) in [5, 5.41) is 4.05. The number of halogens is 1. The highest BCUT2D eigenvalue weighted by Crippen LogP contribution is 2.11. The lowest BCUT2D eigenvalue weighted by atomic mass is 10.1. The summed E-state index contributed by atoms with van der Waals surface area (Å²) in [7, 11) is 0. The fraction of sp³-hybridized carbons (Fsp3) is 0.333. The van der Waals surface area contributed by atoms with Gasteiger partial charge >= 0.3 is 0 Å². The Labute approximate surface area is 122 Å². The molecule has 1 aromatic heterocycles. The van der Waals surface area contributed by atoms with Crippen LogP contribution < -0.4 is 16.0 Å². The summed E-state index contributed by atoms with van der Waals surface area (Å²) in [6, 6.07) is 5.86. The van der Waals surface area contributed by atoms with E-state index < -0.39 is 0 Å². The lowest BCUT2D eigenvalue weighted by molar-refractivity contribution is 0.309. The number of hydrogen-bond donors (Lipinski definition) is 1. The van der Waals surface area contributed by atoms with E-state index in [1.165, 1.54) is 29.1 Å². The van der Waals surface area contributed by atoms with Crippen molar-refractivity contribution in [3.8, 4) is 5.75 Å². The quantitative estimate of drug-likeness (QED) is 0.818. The molecule has 0 aliphatic rings. The Morgan fingerprint density at radius 1 is 1.38 bits per heavy atom. The fourth-order valence-electron chi connectivity index (χ4n) is 1.86. The summed E-state index contributed by atoms with van der Waals surface area (Å²) in [4.78, 5) is 12.0. The summed E-state index contributed by atoms with van der Waals surface area (Å²) >= 11 is 0. The van der Waals surface area contributed by atoms with Crippen LogP contribution in [0.1, 0.15) is 17.5 Å². The van der Waals surface area contributed by atoms with Gasteiger partial charge in [0.15, 0.2) is 0 Å². The number of benzene rings is 1. The van der Waals surface area contributed by atoms with E-state index in [1.807, 2.05) is 6.92 Å². The third-order valence-electron chi connectivity index (χ3n) is 3.09. The Balaban J connectivity index is 2.14. The van der Waals surface area contributed by atoms with Gasteiger partial charge in [0.25, 0.3) is 5.56 Å². The van der Waals surface area contributed by atoms with Crippen molar-refractivity contribution in [2.45, 2.75) is 19.9 Å². The molecule has 0 atom stereocenters. The van der Waals surface area contributed by atoms with E-state index in [-0.39, 0.29) is 17.9 Å². The van der Waals surface area contributed by atoms with Crippen molar-refractivity contribution in [1.82, 2.24) is 9.78 Å². The van der Waals surface area contributed by atoms with Crippen LogP contribution in [-0.4, -0.2) is 22.9 Å². The fourth-order valence-corrected chi connectivity index (χ4v) is 1.86. The number of rotatable bonds is 6. The second kappa shape index (κ2) is 6.99. The Hall–Kier alpha value is -2.21. The summed E-state index contributed by atoms with van der Waals surface area (Å²) in [6.45, 7) is 3.07. The van der Waals surface area contributed by atoms with Crippen molar-refractivity contribution in [2.75, 3.05) is 13.2 Å². The van der Waals surface area contributed by atoms with Gasteiger partial charge in [0.2, 0.25) is 0 Å². The normalized spacial score (nSPS) is 10.6. The monoisotopic (exact) mass is 291 g/mol. The molecule has 1 aromatic carbocycles. The molecule has 0 fully saturated rings. The van der Waals surface area contributed by atoms with Gasteiger partial charge in [-0.1, -0.05) is 6.07 Å². The molecule has 0 radical (unpaired) electrons. The number of hydrogen-bond acceptors (Lipinski definition) is 4. The maximum atomic E-state index is 13.2. The van der Waals surface area contributed by atoms with Crippen LogP contribution in [0.25, 0.3) is 0 Å². The summed E-state index contributed by atoms with van der Waals surface area (Å²) in [5.74, 6) is 0.0889. The first-order valence-electron chi connectivity index (χ1n) is 6.75. The first-order valence-corrected chi connectivity index (χ1v) is 6.75. The van der Waals surface area contributed by atoms with Crippen molar-refractivity contribution in [2.24, 2.45) is 5.73 Å². The molecular formula is C15H18FN3O2. The topological polar surface area (TPSA) is 70.1 Å². The van der Waals surface area contributed by atoms with Gasteiger partial charge < -0.3 is 10.5 Å². The largest absolute Gasteiger partial charge is 0.492 e. The zero-order valence-corrected chi connectivity index (χ0v) is 11.9. The second-order valence-corrected chi connectivity index (χ2v) is 4.75. The van der Waals surface area contributed by atoms with E-state index in [0.717, 1.165) is 11.1 Å². The SMILES string of the molecule is Cc1ccc(F)cc1Cn1ncc(OCCCN)cc1=O. The highest BCUT2D eigenvalue weighted by molar-refractivity contribution is 5.26. The number of nitrogens with two attached hydrogens (primary N) is 1. The van der Waals surface area contributed by atoms with Gasteiger partial charge in [-0.2, -0.15) is 5.10 Å². The molecule has 0 saturated carbocycles. The van der Waals surface area contributed by atoms with Crippen LogP contribution in [0.15, 0.2) is 35.3 Å². The van der Waals surface area contributed by atoms with Crippen molar-refractivity contribution >= 4 is 0 Å². The third-order valence-corrected chi connectivity index (χ3v) is 3.09. The number of aryl methyl sites for hydroxylation is 1. The average Bonchev–Trinajstić information content (AvgIpc) is 2.46. The molecule has 2 aromatic rings. The van der Waals surface area contributed by atoms with Crippen LogP contribution in [0.2, 0.25) is 0 Å². The van der Waals surface area contributed by atoms with E-state index in [0.29, 0.717) is 25.3 Å². The standard InChI is InChI=1S/C15H18FN3O2/c1-11-3-4-13(16)7-12(11)10-19-15(20)8-14(9-18-19)21-6-2-5-17/h3-4,7-9H,2,5-6,10,17H2,1H3. The van der Waals surface area contributed by atoms with Crippen LogP contribution >= 0.6 is 0 Å². The van der Waals surface area contributed by atoms with E-state index in [9.17, 15) is 9.18 Å². The zero-order valence-electron chi connectivity index (χ0n) is 11.9. The second-order valence-electron chi connectivity index (χ2n) is 4.75. The first-order chi connectivity index (χ1) is 10.1. The molecule has 0 aliphatic carbocycles. The molecule has 0 aliphatic heterocycles. The van der Waals surface area contributed by atoms with Crippen LogP contribution in [0, 0.1) is 12.7 Å². The van der Waals surface area contributed by atoms with Gasteiger partial charge in [0.05, 0.1) is 19.3 Å². The minimum atomic E-state index is -0.328. The van der Waals surface area contributed by atoms with Crippen LogP contribution in [-0.2, 0) is 6.54 Å². The van der Waals surface area contributed by atoms with Crippen molar-refractivity contribution < 1.29 is 9.13 Å². The predicted octanol–water partition coefficient (Wildman–Crippen LogP) is 1.47. The van der Waals surface area contributed by atoms with Gasteiger partial charge in [0, 0.05) is 6.07 Å². The molecule has 112 valence electrons. The van der Waals surface area contributed by atoms with Crippen molar-refractivity contribution in [3.63, 3.8) is 0 Å². The highest BCUT2D eigenvalue weighted by atomic mass is 19.1. The van der Waals surface area contributed by atoms with Crippen LogP contribution in [0.5, 0.6) is 5.75 Å². The van der Waals surface area contributed by atoms with Crippen molar-refractivity contribution in [3.05, 3.63) is 57.8 Å². The molecule has 2 N–H and O–H groups in total.